The van der Waals surface area contributed by atoms with Crippen LogP contribution in [0.25, 0.3) is 0 Å². The molecule has 5 fully saturated rings. The van der Waals surface area contributed by atoms with Gasteiger partial charge < -0.3 is 25.3 Å². The number of halogens is 1. The first-order chi connectivity index (χ1) is 15.2. The van der Waals surface area contributed by atoms with Crippen LogP contribution in [0.4, 0.5) is 0 Å². The fraction of sp³-hybridized carbons (Fsp3) is 0.667. The lowest BCUT2D eigenvalue weighted by Crippen LogP contribution is -2.65. The van der Waals surface area contributed by atoms with Crippen LogP contribution in [0.1, 0.15) is 62.4 Å². The quantitative estimate of drug-likeness (QED) is 0.638. The maximum atomic E-state index is 13.0. The Morgan fingerprint density at radius 3 is 2.61 bits per heavy atom. The Morgan fingerprint density at radius 1 is 1.21 bits per heavy atom. The Kier molecular flexibility index (Phi) is 6.59. The molecular formula is C24H35BClN3O4. The number of rotatable bonds is 5. The Labute approximate surface area is 202 Å². The van der Waals surface area contributed by atoms with Crippen LogP contribution < -0.4 is 11.1 Å². The summed E-state index contributed by atoms with van der Waals surface area (Å²) in [7, 11) is -0.383. The molecule has 2 heterocycles. The Hall–Kier alpha value is -1.61. The molecule has 2 aliphatic heterocycles. The van der Waals surface area contributed by atoms with Gasteiger partial charge in [-0.15, -0.1) is 12.4 Å². The first kappa shape index (κ1) is 24.5. The summed E-state index contributed by atoms with van der Waals surface area (Å²) < 4.78 is 13.0. The molecule has 5 aliphatic rings. The van der Waals surface area contributed by atoms with Crippen molar-refractivity contribution in [1.29, 1.82) is 0 Å². The molecule has 0 spiro atoms. The molecule has 2 amide bonds. The molecule has 2 bridgehead atoms. The molecule has 3 N–H and O–H groups in total. The summed E-state index contributed by atoms with van der Waals surface area (Å²) in [4.78, 5) is 27.3. The second kappa shape index (κ2) is 8.88. The monoisotopic (exact) mass is 475 g/mol. The molecule has 33 heavy (non-hydrogen) atoms. The van der Waals surface area contributed by atoms with E-state index in [1.807, 2.05) is 17.0 Å². The van der Waals surface area contributed by atoms with Gasteiger partial charge in [0.2, 0.25) is 5.91 Å². The topological polar surface area (TPSA) is 93.9 Å². The molecule has 9 heteroatoms. The summed E-state index contributed by atoms with van der Waals surface area (Å²) in [6, 6.07) is 7.12. The van der Waals surface area contributed by atoms with E-state index in [0.717, 1.165) is 24.8 Å². The highest BCUT2D eigenvalue weighted by Gasteiger charge is 2.69. The van der Waals surface area contributed by atoms with Crippen molar-refractivity contribution in [2.24, 2.45) is 23.0 Å². The van der Waals surface area contributed by atoms with Gasteiger partial charge in [0.25, 0.3) is 5.91 Å². The summed E-state index contributed by atoms with van der Waals surface area (Å²) in [5.41, 5.74) is 7.11. The van der Waals surface area contributed by atoms with Crippen LogP contribution in [0.2, 0.25) is 0 Å². The van der Waals surface area contributed by atoms with E-state index in [-0.39, 0.29) is 55.5 Å². The standard InChI is InChI=1S/C24H34BN3O4.ClH/c1-23(2)17-11-18(23)24(3)19(12-17)31-25(32-24)20-5-4-10-28(20)21(29)14-27-22(30)16-8-6-15(13-26)7-9-16;/h6-9,17-20H,4-5,10-14,26H2,1-3H3,(H,27,30);1H/t17-,18-,19?,20-,24-;/m0./s1. The van der Waals surface area contributed by atoms with E-state index < -0.39 is 0 Å². The zero-order chi connectivity index (χ0) is 22.7. The van der Waals surface area contributed by atoms with E-state index in [1.54, 1.807) is 12.1 Å². The second-order valence-electron chi connectivity index (χ2n) is 10.7. The average Bonchev–Trinajstić information content (AvgIpc) is 3.40. The lowest BCUT2D eigenvalue weighted by Gasteiger charge is -2.64. The van der Waals surface area contributed by atoms with Crippen LogP contribution in [-0.4, -0.2) is 54.6 Å². The fourth-order valence-corrected chi connectivity index (χ4v) is 6.60. The van der Waals surface area contributed by atoms with Crippen LogP contribution in [-0.2, 0) is 20.6 Å². The fourth-order valence-electron chi connectivity index (χ4n) is 6.60. The van der Waals surface area contributed by atoms with E-state index in [4.69, 9.17) is 15.0 Å². The molecule has 180 valence electrons. The highest BCUT2D eigenvalue weighted by molar-refractivity contribution is 6.48. The molecule has 0 aromatic heterocycles. The maximum absolute atomic E-state index is 13.0. The van der Waals surface area contributed by atoms with Crippen molar-refractivity contribution in [3.8, 4) is 0 Å². The number of carbonyl (C=O) groups is 2. The van der Waals surface area contributed by atoms with Crippen molar-refractivity contribution in [3.05, 3.63) is 35.4 Å². The van der Waals surface area contributed by atoms with Gasteiger partial charge >= 0.3 is 7.12 Å². The Balaban J connectivity index is 0.00000259. The smallest absolute Gasteiger partial charge is 0.404 e. The van der Waals surface area contributed by atoms with Gasteiger partial charge in [-0.2, -0.15) is 0 Å². The predicted molar refractivity (Wildman–Crippen MR) is 129 cm³/mol. The van der Waals surface area contributed by atoms with Crippen LogP contribution in [0.3, 0.4) is 0 Å². The summed E-state index contributed by atoms with van der Waals surface area (Å²) in [6.07, 6.45) is 4.15. The maximum Gasteiger partial charge on any atom is 0.481 e. The second-order valence-corrected chi connectivity index (χ2v) is 10.7. The third-order valence-corrected chi connectivity index (χ3v) is 8.75. The number of hydrogen-bond donors (Lipinski definition) is 2. The van der Waals surface area contributed by atoms with Crippen LogP contribution in [0.5, 0.6) is 0 Å². The van der Waals surface area contributed by atoms with Crippen LogP contribution >= 0.6 is 12.4 Å². The van der Waals surface area contributed by atoms with E-state index in [2.05, 4.69) is 26.1 Å². The molecule has 3 saturated carbocycles. The summed E-state index contributed by atoms with van der Waals surface area (Å²) >= 11 is 0. The average molecular weight is 476 g/mol. The van der Waals surface area contributed by atoms with Gasteiger partial charge in [-0.1, -0.05) is 26.0 Å². The third-order valence-electron chi connectivity index (χ3n) is 8.75. The van der Waals surface area contributed by atoms with Gasteiger partial charge in [-0.05, 0) is 67.6 Å². The minimum Gasteiger partial charge on any atom is -0.404 e. The van der Waals surface area contributed by atoms with Gasteiger partial charge in [-0.3, -0.25) is 9.59 Å². The zero-order valence-corrected chi connectivity index (χ0v) is 20.5. The molecule has 7 nitrogen and oxygen atoms in total. The molecule has 2 saturated heterocycles. The highest BCUT2D eigenvalue weighted by Crippen LogP contribution is 2.65. The number of likely N-dealkylation sites (tertiary alicyclic amines) is 1. The molecule has 1 unspecified atom stereocenters. The third kappa shape index (κ3) is 3.99. The van der Waals surface area contributed by atoms with E-state index in [1.165, 1.54) is 6.42 Å². The van der Waals surface area contributed by atoms with Crippen molar-refractivity contribution in [1.82, 2.24) is 10.2 Å². The van der Waals surface area contributed by atoms with Gasteiger partial charge in [0.15, 0.2) is 0 Å². The zero-order valence-electron chi connectivity index (χ0n) is 19.7. The van der Waals surface area contributed by atoms with Gasteiger partial charge in [0.1, 0.15) is 0 Å². The van der Waals surface area contributed by atoms with Crippen molar-refractivity contribution >= 4 is 31.3 Å². The summed E-state index contributed by atoms with van der Waals surface area (Å²) in [5.74, 6) is 0.761. The minimum atomic E-state index is -0.383. The van der Waals surface area contributed by atoms with Gasteiger partial charge in [0, 0.05) is 18.7 Å². The molecule has 0 radical (unpaired) electrons. The number of amides is 2. The van der Waals surface area contributed by atoms with Gasteiger partial charge in [0.05, 0.1) is 24.2 Å². The normalized spacial score (nSPS) is 33.7. The van der Waals surface area contributed by atoms with Crippen molar-refractivity contribution in [2.45, 2.75) is 70.6 Å². The van der Waals surface area contributed by atoms with Crippen LogP contribution in [0.15, 0.2) is 24.3 Å². The number of benzene rings is 1. The first-order valence-corrected chi connectivity index (χ1v) is 11.9. The minimum absolute atomic E-state index is 0. The van der Waals surface area contributed by atoms with E-state index in [9.17, 15) is 9.59 Å². The summed E-state index contributed by atoms with van der Waals surface area (Å²) in [5, 5.41) is 2.76. The lowest BCUT2D eigenvalue weighted by atomic mass is 9.43. The Bertz CT molecular complexity index is 913. The number of carbonyl (C=O) groups excluding carboxylic acids is 2. The van der Waals surface area contributed by atoms with Crippen molar-refractivity contribution < 1.29 is 18.9 Å². The van der Waals surface area contributed by atoms with Crippen molar-refractivity contribution in [3.63, 3.8) is 0 Å². The summed E-state index contributed by atoms with van der Waals surface area (Å²) in [6.45, 7) is 7.98. The predicted octanol–water partition coefficient (Wildman–Crippen LogP) is 2.56. The number of nitrogens with two attached hydrogens (primary N) is 1. The van der Waals surface area contributed by atoms with E-state index in [0.29, 0.717) is 35.9 Å². The largest absolute Gasteiger partial charge is 0.481 e. The number of nitrogens with zero attached hydrogens (tertiary/aromatic N) is 1. The molecule has 3 aliphatic carbocycles. The Morgan fingerprint density at radius 2 is 1.94 bits per heavy atom. The van der Waals surface area contributed by atoms with Gasteiger partial charge in [-0.25, -0.2) is 0 Å². The molecule has 5 atom stereocenters. The lowest BCUT2D eigenvalue weighted by molar-refractivity contribution is -0.199. The van der Waals surface area contributed by atoms with E-state index >= 15 is 0 Å². The number of nitrogens with one attached hydrogen (secondary N) is 1. The van der Waals surface area contributed by atoms with Crippen LogP contribution in [0, 0.1) is 17.3 Å². The molecule has 1 aromatic carbocycles. The molecule has 1 aromatic rings. The molecule has 6 rings (SSSR count). The first-order valence-electron chi connectivity index (χ1n) is 11.9. The van der Waals surface area contributed by atoms with Crippen molar-refractivity contribution in [2.75, 3.05) is 13.1 Å². The highest BCUT2D eigenvalue weighted by atomic mass is 35.5. The number of hydrogen-bond acceptors (Lipinski definition) is 5. The SMILES string of the molecule is CC1(C)[C@@H]2CC3OB([C@@H]4CCCN4C(=O)CNC(=O)c4ccc(CN)cc4)O[C@@]3(C)[C@H]1C2.Cl. The molecular weight excluding hydrogens is 441 g/mol.